The van der Waals surface area contributed by atoms with E-state index in [0.29, 0.717) is 0 Å². The van der Waals surface area contributed by atoms with E-state index in [-0.39, 0.29) is 10.6 Å². The van der Waals surface area contributed by atoms with Crippen LogP contribution in [0.25, 0.3) is 0 Å². The van der Waals surface area contributed by atoms with Crippen molar-refractivity contribution in [2.24, 2.45) is 0 Å². The highest BCUT2D eigenvalue weighted by Crippen LogP contribution is 2.18. The Morgan fingerprint density at radius 2 is 2.18 bits per heavy atom. The fourth-order valence-electron chi connectivity index (χ4n) is 0.695. The Labute approximate surface area is 77.7 Å². The summed E-state index contributed by atoms with van der Waals surface area (Å²) in [6, 6.07) is 4.83. The van der Waals surface area contributed by atoms with Crippen LogP contribution in [0.4, 0.5) is 5.69 Å². The van der Waals surface area contributed by atoms with Gasteiger partial charge in [0.25, 0.3) is 5.69 Å². The van der Waals surface area contributed by atoms with Gasteiger partial charge in [0.05, 0.1) is 4.92 Å². The standard InChI is InChI=1S/C7H6INO2/c1-5-2-3-6(9(10)11)4-7(5)8/h2-4H,1H3. The molecule has 4 heteroatoms. The zero-order valence-corrected chi connectivity index (χ0v) is 8.03. The molecule has 0 unspecified atom stereocenters. The SMILES string of the molecule is Cc1ccc([N+](=O)[O-])cc1I. The first kappa shape index (κ1) is 8.45. The van der Waals surface area contributed by atoms with Gasteiger partial charge >= 0.3 is 0 Å². The van der Waals surface area contributed by atoms with E-state index in [2.05, 4.69) is 22.6 Å². The zero-order valence-electron chi connectivity index (χ0n) is 5.87. The molecule has 1 aromatic carbocycles. The number of aryl methyl sites for hydroxylation is 1. The summed E-state index contributed by atoms with van der Waals surface area (Å²) in [4.78, 5) is 9.88. The number of non-ortho nitro benzene ring substituents is 1. The van der Waals surface area contributed by atoms with Gasteiger partial charge in [-0.1, -0.05) is 6.07 Å². The van der Waals surface area contributed by atoms with Crippen LogP contribution in [0.3, 0.4) is 0 Å². The summed E-state index contributed by atoms with van der Waals surface area (Å²) >= 11 is 2.08. The monoisotopic (exact) mass is 263 g/mol. The quantitative estimate of drug-likeness (QED) is 0.444. The van der Waals surface area contributed by atoms with Crippen molar-refractivity contribution in [3.8, 4) is 0 Å². The number of nitro benzene ring substituents is 1. The van der Waals surface area contributed by atoms with Gasteiger partial charge < -0.3 is 0 Å². The summed E-state index contributed by atoms with van der Waals surface area (Å²) in [6.45, 7) is 1.92. The minimum Gasteiger partial charge on any atom is -0.258 e. The molecule has 0 heterocycles. The first-order chi connectivity index (χ1) is 5.11. The Bertz CT molecular complexity index is 298. The molecule has 0 aromatic heterocycles. The van der Waals surface area contributed by atoms with Crippen molar-refractivity contribution in [3.05, 3.63) is 37.4 Å². The molecule has 0 aliphatic carbocycles. The molecule has 1 aromatic rings. The van der Waals surface area contributed by atoms with E-state index in [1.165, 1.54) is 6.07 Å². The highest BCUT2D eigenvalue weighted by atomic mass is 127. The third kappa shape index (κ3) is 1.89. The van der Waals surface area contributed by atoms with Gasteiger partial charge in [0, 0.05) is 15.7 Å². The zero-order chi connectivity index (χ0) is 8.43. The fraction of sp³-hybridized carbons (Fsp3) is 0.143. The largest absolute Gasteiger partial charge is 0.270 e. The molecule has 0 atom stereocenters. The van der Waals surface area contributed by atoms with Gasteiger partial charge in [-0.15, -0.1) is 0 Å². The summed E-state index contributed by atoms with van der Waals surface area (Å²) in [5.74, 6) is 0. The van der Waals surface area contributed by atoms with E-state index in [1.54, 1.807) is 12.1 Å². The molecule has 0 aliphatic rings. The van der Waals surface area contributed by atoms with Gasteiger partial charge in [0.1, 0.15) is 0 Å². The lowest BCUT2D eigenvalue weighted by molar-refractivity contribution is -0.385. The molecule has 0 bridgehead atoms. The van der Waals surface area contributed by atoms with E-state index >= 15 is 0 Å². The van der Waals surface area contributed by atoms with E-state index in [9.17, 15) is 10.1 Å². The van der Waals surface area contributed by atoms with E-state index < -0.39 is 0 Å². The van der Waals surface area contributed by atoms with E-state index in [4.69, 9.17) is 0 Å². The smallest absolute Gasteiger partial charge is 0.258 e. The van der Waals surface area contributed by atoms with Crippen LogP contribution in [-0.2, 0) is 0 Å². The topological polar surface area (TPSA) is 43.1 Å². The molecule has 0 saturated heterocycles. The molecule has 0 N–H and O–H groups in total. The lowest BCUT2D eigenvalue weighted by atomic mass is 10.2. The molecule has 0 aliphatic heterocycles. The number of nitrogens with zero attached hydrogens (tertiary/aromatic N) is 1. The number of hydrogen-bond donors (Lipinski definition) is 0. The third-order valence-electron chi connectivity index (χ3n) is 1.37. The molecular formula is C7H6INO2. The van der Waals surface area contributed by atoms with Gasteiger partial charge in [-0.05, 0) is 35.1 Å². The predicted molar refractivity (Wildman–Crippen MR) is 50.6 cm³/mol. The van der Waals surface area contributed by atoms with Crippen molar-refractivity contribution in [2.75, 3.05) is 0 Å². The average Bonchev–Trinajstić information content (AvgIpc) is 1.94. The van der Waals surface area contributed by atoms with Crippen LogP contribution in [0.15, 0.2) is 18.2 Å². The Kier molecular flexibility index (Phi) is 2.43. The van der Waals surface area contributed by atoms with Crippen LogP contribution in [0.1, 0.15) is 5.56 Å². The van der Waals surface area contributed by atoms with E-state index in [0.717, 1.165) is 9.13 Å². The Balaban J connectivity index is 3.15. The normalized spacial score (nSPS) is 9.64. The van der Waals surface area contributed by atoms with Crippen LogP contribution in [0, 0.1) is 20.6 Å². The Hall–Kier alpha value is -0.650. The molecule has 11 heavy (non-hydrogen) atoms. The predicted octanol–water partition coefficient (Wildman–Crippen LogP) is 2.51. The van der Waals surface area contributed by atoms with Gasteiger partial charge in [-0.2, -0.15) is 0 Å². The molecular weight excluding hydrogens is 257 g/mol. The van der Waals surface area contributed by atoms with Crippen molar-refractivity contribution in [1.82, 2.24) is 0 Å². The minimum atomic E-state index is -0.387. The maximum atomic E-state index is 10.3. The first-order valence-corrected chi connectivity index (χ1v) is 4.09. The highest BCUT2D eigenvalue weighted by molar-refractivity contribution is 14.1. The average molecular weight is 263 g/mol. The molecule has 58 valence electrons. The lowest BCUT2D eigenvalue weighted by Crippen LogP contribution is -1.89. The maximum Gasteiger partial charge on any atom is 0.270 e. The number of hydrogen-bond acceptors (Lipinski definition) is 2. The minimum absolute atomic E-state index is 0.153. The molecule has 1 rings (SSSR count). The van der Waals surface area contributed by atoms with Crippen molar-refractivity contribution >= 4 is 28.3 Å². The second-order valence-corrected chi connectivity index (χ2v) is 3.35. The Morgan fingerprint density at radius 3 is 2.64 bits per heavy atom. The summed E-state index contributed by atoms with van der Waals surface area (Å²) in [5, 5.41) is 10.3. The highest BCUT2D eigenvalue weighted by Gasteiger charge is 2.05. The van der Waals surface area contributed by atoms with Crippen LogP contribution in [0.2, 0.25) is 0 Å². The van der Waals surface area contributed by atoms with Gasteiger partial charge in [0.15, 0.2) is 0 Å². The van der Waals surface area contributed by atoms with Crippen molar-refractivity contribution in [1.29, 1.82) is 0 Å². The number of benzene rings is 1. The second-order valence-electron chi connectivity index (χ2n) is 2.19. The van der Waals surface area contributed by atoms with Crippen molar-refractivity contribution < 1.29 is 4.92 Å². The van der Waals surface area contributed by atoms with Gasteiger partial charge in [-0.3, -0.25) is 10.1 Å². The molecule has 0 saturated carbocycles. The number of halogens is 1. The number of nitro groups is 1. The maximum absolute atomic E-state index is 10.3. The summed E-state index contributed by atoms with van der Waals surface area (Å²) in [5.41, 5.74) is 1.22. The third-order valence-corrected chi connectivity index (χ3v) is 2.53. The summed E-state index contributed by atoms with van der Waals surface area (Å²) in [7, 11) is 0. The van der Waals surface area contributed by atoms with E-state index in [1.807, 2.05) is 6.92 Å². The molecule has 0 amide bonds. The molecule has 0 radical (unpaired) electrons. The first-order valence-electron chi connectivity index (χ1n) is 3.02. The van der Waals surface area contributed by atoms with Crippen molar-refractivity contribution in [3.63, 3.8) is 0 Å². The number of rotatable bonds is 1. The van der Waals surface area contributed by atoms with Gasteiger partial charge in [0.2, 0.25) is 0 Å². The Morgan fingerprint density at radius 1 is 1.55 bits per heavy atom. The van der Waals surface area contributed by atoms with Gasteiger partial charge in [-0.25, -0.2) is 0 Å². The van der Waals surface area contributed by atoms with Crippen LogP contribution in [0.5, 0.6) is 0 Å². The second kappa shape index (κ2) is 3.17. The summed E-state index contributed by atoms with van der Waals surface area (Å²) in [6.07, 6.45) is 0. The van der Waals surface area contributed by atoms with Crippen LogP contribution in [-0.4, -0.2) is 4.92 Å². The lowest BCUT2D eigenvalue weighted by Gasteiger charge is -1.95. The van der Waals surface area contributed by atoms with Crippen LogP contribution < -0.4 is 0 Å². The molecule has 3 nitrogen and oxygen atoms in total. The van der Waals surface area contributed by atoms with Crippen LogP contribution >= 0.6 is 22.6 Å². The molecule has 0 fully saturated rings. The van der Waals surface area contributed by atoms with Crippen molar-refractivity contribution in [2.45, 2.75) is 6.92 Å². The molecule has 0 spiro atoms. The fourth-order valence-corrected chi connectivity index (χ4v) is 1.19. The summed E-state index contributed by atoms with van der Waals surface area (Å²) < 4.78 is 0.928.